The number of methoxy groups -OCH3 is 2. The van der Waals surface area contributed by atoms with Gasteiger partial charge >= 0.3 is 0 Å². The lowest BCUT2D eigenvalue weighted by Gasteiger charge is -2.31. The summed E-state index contributed by atoms with van der Waals surface area (Å²) in [6.45, 7) is 2.41. The maximum absolute atomic E-state index is 13.1. The average Bonchev–Trinajstić information content (AvgIpc) is 2.63. The lowest BCUT2D eigenvalue weighted by molar-refractivity contribution is -0.193. The van der Waals surface area contributed by atoms with Crippen LogP contribution in [0.5, 0.6) is 5.75 Å². The Morgan fingerprint density at radius 2 is 1.65 bits per heavy atom. The van der Waals surface area contributed by atoms with Crippen LogP contribution in [0, 0.1) is 0 Å². The number of carbonyl (C=O) groups is 1. The molecule has 2 aromatic carbocycles. The van der Waals surface area contributed by atoms with E-state index in [4.69, 9.17) is 14.2 Å². The van der Waals surface area contributed by atoms with Gasteiger partial charge in [0.1, 0.15) is 5.75 Å². The second-order valence-corrected chi connectivity index (χ2v) is 5.09. The molecule has 0 aromatic heterocycles. The van der Waals surface area contributed by atoms with Crippen LogP contribution in [0.15, 0.2) is 54.6 Å². The minimum Gasteiger partial charge on any atom is -0.497 e. The van der Waals surface area contributed by atoms with Crippen LogP contribution < -0.4 is 4.74 Å². The van der Waals surface area contributed by atoms with Crippen LogP contribution in [0.1, 0.15) is 29.3 Å². The summed E-state index contributed by atoms with van der Waals surface area (Å²) in [7, 11) is 3.08. The Morgan fingerprint density at radius 1 is 1.00 bits per heavy atom. The van der Waals surface area contributed by atoms with Gasteiger partial charge in [0.25, 0.3) is 5.79 Å². The number of ketones is 1. The van der Waals surface area contributed by atoms with Crippen molar-refractivity contribution in [1.29, 1.82) is 0 Å². The third kappa shape index (κ3) is 3.60. The molecule has 122 valence electrons. The molecule has 2 aromatic rings. The molecular weight excluding hydrogens is 292 g/mol. The highest BCUT2D eigenvalue weighted by atomic mass is 16.7. The zero-order chi connectivity index (χ0) is 16.7. The number of rotatable bonds is 8. The van der Waals surface area contributed by atoms with E-state index < -0.39 is 5.79 Å². The van der Waals surface area contributed by atoms with Crippen LogP contribution >= 0.6 is 0 Å². The number of ether oxygens (including phenoxy) is 3. The molecule has 4 nitrogen and oxygen atoms in total. The molecule has 1 atom stereocenters. The number of carbonyl (C=O) groups excluding carboxylic acids is 1. The molecule has 0 fully saturated rings. The Bertz CT molecular complexity index is 622. The summed E-state index contributed by atoms with van der Waals surface area (Å²) in [5.41, 5.74) is 1.18. The quantitative estimate of drug-likeness (QED) is 0.549. The fraction of sp³-hybridized carbons (Fsp3) is 0.316. The Balaban J connectivity index is 2.44. The fourth-order valence-electron chi connectivity index (χ4n) is 2.39. The van der Waals surface area contributed by atoms with Gasteiger partial charge in [0.05, 0.1) is 13.7 Å². The van der Waals surface area contributed by atoms with Crippen molar-refractivity contribution >= 4 is 5.78 Å². The molecule has 0 heterocycles. The van der Waals surface area contributed by atoms with Crippen molar-refractivity contribution in [3.8, 4) is 5.75 Å². The number of benzene rings is 2. The second-order valence-electron chi connectivity index (χ2n) is 5.09. The Labute approximate surface area is 137 Å². The lowest BCUT2D eigenvalue weighted by Crippen LogP contribution is -2.41. The summed E-state index contributed by atoms with van der Waals surface area (Å²) >= 11 is 0. The van der Waals surface area contributed by atoms with Crippen molar-refractivity contribution < 1.29 is 19.0 Å². The van der Waals surface area contributed by atoms with Crippen LogP contribution in [0.2, 0.25) is 0 Å². The summed E-state index contributed by atoms with van der Waals surface area (Å²) in [6, 6.07) is 16.2. The first-order valence-electron chi connectivity index (χ1n) is 7.61. The van der Waals surface area contributed by atoms with E-state index in [0.717, 1.165) is 6.42 Å². The van der Waals surface area contributed by atoms with E-state index in [9.17, 15) is 4.79 Å². The van der Waals surface area contributed by atoms with Gasteiger partial charge in [-0.3, -0.25) is 4.79 Å². The molecule has 0 saturated carbocycles. The fourth-order valence-corrected chi connectivity index (χ4v) is 2.39. The average molecular weight is 314 g/mol. The summed E-state index contributed by atoms with van der Waals surface area (Å²) < 4.78 is 16.6. The van der Waals surface area contributed by atoms with E-state index in [1.165, 1.54) is 7.11 Å². The molecule has 0 spiro atoms. The smallest absolute Gasteiger partial charge is 0.261 e. The van der Waals surface area contributed by atoms with Crippen LogP contribution in [0.25, 0.3) is 0 Å². The lowest BCUT2D eigenvalue weighted by atomic mass is 9.95. The van der Waals surface area contributed by atoms with Gasteiger partial charge in [-0.1, -0.05) is 37.3 Å². The van der Waals surface area contributed by atoms with E-state index in [1.807, 2.05) is 37.3 Å². The number of Topliss-reactive ketones (excluding diaryl/α,β-unsaturated/α-hetero) is 1. The first-order valence-corrected chi connectivity index (χ1v) is 7.61. The highest BCUT2D eigenvalue weighted by Gasteiger charge is 2.42. The van der Waals surface area contributed by atoms with Gasteiger partial charge < -0.3 is 14.2 Å². The molecular formula is C19H22O4. The second kappa shape index (κ2) is 7.90. The van der Waals surface area contributed by atoms with Gasteiger partial charge in [0.15, 0.2) is 0 Å². The van der Waals surface area contributed by atoms with E-state index in [1.54, 1.807) is 31.4 Å². The maximum atomic E-state index is 13.1. The molecule has 2 rings (SSSR count). The van der Waals surface area contributed by atoms with Crippen molar-refractivity contribution in [3.63, 3.8) is 0 Å². The molecule has 0 radical (unpaired) electrons. The molecule has 1 unspecified atom stereocenters. The first-order chi connectivity index (χ1) is 11.2. The van der Waals surface area contributed by atoms with E-state index in [2.05, 4.69) is 0 Å². The third-order valence-electron chi connectivity index (χ3n) is 3.60. The highest BCUT2D eigenvalue weighted by molar-refractivity contribution is 6.02. The van der Waals surface area contributed by atoms with Crippen LogP contribution in [0.3, 0.4) is 0 Å². The molecule has 0 saturated heterocycles. The van der Waals surface area contributed by atoms with Crippen LogP contribution in [-0.2, 0) is 15.3 Å². The molecule has 0 amide bonds. The summed E-state index contributed by atoms with van der Waals surface area (Å²) in [6.07, 6.45) is 0.786. The summed E-state index contributed by atoms with van der Waals surface area (Å²) in [5, 5.41) is 0. The van der Waals surface area contributed by atoms with Crippen molar-refractivity contribution in [2.75, 3.05) is 20.8 Å². The van der Waals surface area contributed by atoms with Gasteiger partial charge in [0, 0.05) is 18.2 Å². The van der Waals surface area contributed by atoms with E-state index >= 15 is 0 Å². The number of hydrogen-bond donors (Lipinski definition) is 0. The van der Waals surface area contributed by atoms with Gasteiger partial charge in [0.2, 0.25) is 5.78 Å². The third-order valence-corrected chi connectivity index (χ3v) is 3.60. The molecule has 23 heavy (non-hydrogen) atoms. The predicted molar refractivity (Wildman–Crippen MR) is 88.7 cm³/mol. The molecule has 4 heteroatoms. The molecule has 0 bridgehead atoms. The monoisotopic (exact) mass is 314 g/mol. The largest absolute Gasteiger partial charge is 0.497 e. The zero-order valence-electron chi connectivity index (χ0n) is 13.7. The topological polar surface area (TPSA) is 44.8 Å². The predicted octanol–water partition coefficient (Wildman–Crippen LogP) is 3.80. The van der Waals surface area contributed by atoms with Crippen LogP contribution in [0.4, 0.5) is 0 Å². The Morgan fingerprint density at radius 3 is 2.17 bits per heavy atom. The molecule has 0 aliphatic carbocycles. The van der Waals surface area contributed by atoms with Gasteiger partial charge in [-0.2, -0.15) is 0 Å². The minimum absolute atomic E-state index is 0.234. The molecule has 0 aliphatic heterocycles. The first kappa shape index (κ1) is 17.2. The van der Waals surface area contributed by atoms with Crippen molar-refractivity contribution in [3.05, 3.63) is 65.7 Å². The maximum Gasteiger partial charge on any atom is 0.261 e. The SMILES string of the molecule is CCCOC(OC)(C(=O)c1ccc(OC)cc1)c1ccccc1. The zero-order valence-corrected chi connectivity index (χ0v) is 13.7. The number of hydrogen-bond acceptors (Lipinski definition) is 4. The van der Waals surface area contributed by atoms with Crippen LogP contribution in [-0.4, -0.2) is 26.6 Å². The molecule has 0 aliphatic rings. The summed E-state index contributed by atoms with van der Waals surface area (Å²) in [4.78, 5) is 13.1. The standard InChI is InChI=1S/C19H22O4/c1-4-14-23-19(22-3,16-8-6-5-7-9-16)18(20)15-10-12-17(21-2)13-11-15/h5-13H,4,14H2,1-3H3. The Kier molecular flexibility index (Phi) is 5.90. The minimum atomic E-state index is -1.44. The van der Waals surface area contributed by atoms with Gasteiger partial charge in [-0.15, -0.1) is 0 Å². The van der Waals surface area contributed by atoms with E-state index in [0.29, 0.717) is 23.5 Å². The molecule has 0 N–H and O–H groups in total. The highest BCUT2D eigenvalue weighted by Crippen LogP contribution is 2.31. The van der Waals surface area contributed by atoms with Gasteiger partial charge in [-0.25, -0.2) is 0 Å². The van der Waals surface area contributed by atoms with Crippen molar-refractivity contribution in [2.24, 2.45) is 0 Å². The normalized spacial score (nSPS) is 13.3. The summed E-state index contributed by atoms with van der Waals surface area (Å²) in [5.74, 6) is -0.979. The van der Waals surface area contributed by atoms with Gasteiger partial charge in [-0.05, 0) is 30.7 Å². The Hall–Kier alpha value is -2.17. The van der Waals surface area contributed by atoms with E-state index in [-0.39, 0.29) is 5.78 Å². The van der Waals surface area contributed by atoms with Crippen molar-refractivity contribution in [1.82, 2.24) is 0 Å². The van der Waals surface area contributed by atoms with Crippen molar-refractivity contribution in [2.45, 2.75) is 19.1 Å².